The number of carbonyl (C=O) groups is 1. The van der Waals surface area contributed by atoms with Gasteiger partial charge in [0.15, 0.2) is 0 Å². The monoisotopic (exact) mass is 314 g/mol. The number of carbonyl (C=O) groups excluding carboxylic acids is 1. The predicted molar refractivity (Wildman–Crippen MR) is 68.0 cm³/mol. The lowest BCUT2D eigenvalue weighted by Crippen LogP contribution is -2.19. The molecule has 0 aliphatic heterocycles. The van der Waals surface area contributed by atoms with Crippen LogP contribution in [-0.4, -0.2) is 23.6 Å². The molecule has 0 aromatic heterocycles. The van der Waals surface area contributed by atoms with Gasteiger partial charge in [-0.3, -0.25) is 9.36 Å². The maximum Gasteiger partial charge on any atom is 0.397 e. The van der Waals surface area contributed by atoms with Crippen LogP contribution in [0.15, 0.2) is 0 Å². The highest BCUT2D eigenvalue weighted by atomic mass is 79.9. The van der Waals surface area contributed by atoms with E-state index in [9.17, 15) is 9.36 Å². The van der Waals surface area contributed by atoms with E-state index in [0.29, 0.717) is 12.3 Å². The van der Waals surface area contributed by atoms with Crippen molar-refractivity contribution in [3.63, 3.8) is 0 Å². The molecule has 0 rings (SSSR count). The van der Waals surface area contributed by atoms with Crippen molar-refractivity contribution in [1.29, 1.82) is 0 Å². The highest BCUT2D eigenvalue weighted by Gasteiger charge is 2.38. The molecule has 0 aliphatic carbocycles. The summed E-state index contributed by atoms with van der Waals surface area (Å²) in [5.41, 5.74) is -0.482. The number of rotatable bonds is 8. The Hall–Kier alpha value is 0.300. The van der Waals surface area contributed by atoms with Crippen molar-refractivity contribution in [3.05, 3.63) is 0 Å². The van der Waals surface area contributed by atoms with Crippen LogP contribution in [0.25, 0.3) is 0 Å². The van der Waals surface area contributed by atoms with Crippen LogP contribution in [0.4, 0.5) is 0 Å². The Labute approximate surface area is 106 Å². The minimum atomic E-state index is -3.61. The van der Waals surface area contributed by atoms with Gasteiger partial charge in [0, 0.05) is 0 Å². The van der Waals surface area contributed by atoms with Crippen LogP contribution in [0.1, 0.15) is 34.1 Å². The lowest BCUT2D eigenvalue weighted by atomic mass is 10.1. The van der Waals surface area contributed by atoms with Gasteiger partial charge in [0.2, 0.25) is 0 Å². The van der Waals surface area contributed by atoms with Gasteiger partial charge in [-0.05, 0) is 26.2 Å². The first kappa shape index (κ1) is 16.3. The summed E-state index contributed by atoms with van der Waals surface area (Å²) < 4.78 is 22.1. The first-order valence-electron chi connectivity index (χ1n) is 5.45. The summed E-state index contributed by atoms with van der Waals surface area (Å²) >= 11 is 3.24. The Morgan fingerprint density at radius 2 is 1.69 bits per heavy atom. The third-order valence-corrected chi connectivity index (χ3v) is 5.01. The van der Waals surface area contributed by atoms with Crippen molar-refractivity contribution in [2.75, 3.05) is 13.2 Å². The zero-order chi connectivity index (χ0) is 12.8. The van der Waals surface area contributed by atoms with Gasteiger partial charge < -0.3 is 9.05 Å². The van der Waals surface area contributed by atoms with E-state index in [2.05, 4.69) is 15.9 Å². The van der Waals surface area contributed by atoms with E-state index in [4.69, 9.17) is 9.05 Å². The fraction of sp³-hybridized carbons (Fsp3) is 0.900. The van der Waals surface area contributed by atoms with Gasteiger partial charge in [-0.25, -0.2) is 0 Å². The molecule has 0 bridgehead atoms. The number of alkyl halides is 1. The van der Waals surface area contributed by atoms with Crippen molar-refractivity contribution in [2.24, 2.45) is 5.92 Å². The second-order valence-corrected chi connectivity index (χ2v) is 6.83. The molecule has 0 N–H and O–H groups in total. The molecule has 1 atom stereocenters. The first-order chi connectivity index (χ1) is 7.37. The third kappa shape index (κ3) is 5.09. The van der Waals surface area contributed by atoms with Crippen molar-refractivity contribution >= 4 is 29.1 Å². The number of hydrogen-bond donors (Lipinski definition) is 0. The van der Waals surface area contributed by atoms with E-state index in [-0.39, 0.29) is 13.2 Å². The average molecular weight is 315 g/mol. The molecule has 0 aromatic rings. The summed E-state index contributed by atoms with van der Waals surface area (Å²) in [4.78, 5) is 11.4. The summed E-state index contributed by atoms with van der Waals surface area (Å²) in [6.45, 7) is 7.76. The van der Waals surface area contributed by atoms with Crippen molar-refractivity contribution in [1.82, 2.24) is 0 Å². The molecule has 4 nitrogen and oxygen atoms in total. The Bertz CT molecular complexity index is 258. The van der Waals surface area contributed by atoms with Gasteiger partial charge in [-0.1, -0.05) is 29.8 Å². The van der Waals surface area contributed by atoms with E-state index >= 15 is 0 Å². The fourth-order valence-electron chi connectivity index (χ4n) is 1.19. The van der Waals surface area contributed by atoms with Crippen LogP contribution in [-0.2, 0) is 18.4 Å². The second kappa shape index (κ2) is 7.59. The van der Waals surface area contributed by atoms with E-state index in [0.717, 1.165) is 0 Å². The SMILES string of the molecule is CCOP(=O)(OCC)C(=O)C(Br)CC(C)C. The summed E-state index contributed by atoms with van der Waals surface area (Å²) in [7, 11) is -3.61. The molecule has 0 spiro atoms. The van der Waals surface area contributed by atoms with Crippen LogP contribution in [0.5, 0.6) is 0 Å². The van der Waals surface area contributed by atoms with Crippen molar-refractivity contribution < 1.29 is 18.4 Å². The maximum atomic E-state index is 12.1. The molecule has 0 aliphatic rings. The molecule has 0 saturated carbocycles. The maximum absolute atomic E-state index is 12.1. The molecular weight excluding hydrogens is 295 g/mol. The standard InChI is InChI=1S/C10H20BrO4P/c1-5-14-16(13,15-6-2)10(12)9(11)7-8(3)4/h8-9H,5-7H2,1-4H3. The molecule has 16 heavy (non-hydrogen) atoms. The van der Waals surface area contributed by atoms with Gasteiger partial charge >= 0.3 is 7.60 Å². The quantitative estimate of drug-likeness (QED) is 0.507. The van der Waals surface area contributed by atoms with Crippen LogP contribution < -0.4 is 0 Å². The topological polar surface area (TPSA) is 52.6 Å². The normalized spacial score (nSPS) is 14.1. The van der Waals surface area contributed by atoms with Gasteiger partial charge in [0.05, 0.1) is 18.0 Å². The van der Waals surface area contributed by atoms with E-state index in [1.54, 1.807) is 13.8 Å². The Balaban J connectivity index is 4.67. The number of halogens is 1. The van der Waals surface area contributed by atoms with Gasteiger partial charge in [0.25, 0.3) is 5.52 Å². The summed E-state index contributed by atoms with van der Waals surface area (Å²) in [6.07, 6.45) is 0.614. The zero-order valence-electron chi connectivity index (χ0n) is 10.2. The largest absolute Gasteiger partial charge is 0.397 e. The first-order valence-corrected chi connectivity index (χ1v) is 7.90. The lowest BCUT2D eigenvalue weighted by molar-refractivity contribution is -0.113. The smallest absolute Gasteiger partial charge is 0.303 e. The highest BCUT2D eigenvalue weighted by Crippen LogP contribution is 2.51. The van der Waals surface area contributed by atoms with Crippen molar-refractivity contribution in [3.8, 4) is 0 Å². The van der Waals surface area contributed by atoms with Crippen LogP contribution in [0.3, 0.4) is 0 Å². The van der Waals surface area contributed by atoms with E-state index < -0.39 is 17.9 Å². The molecule has 0 fully saturated rings. The second-order valence-electron chi connectivity index (χ2n) is 3.77. The van der Waals surface area contributed by atoms with Gasteiger partial charge in [-0.15, -0.1) is 0 Å². The summed E-state index contributed by atoms with van der Waals surface area (Å²) in [6, 6.07) is 0. The number of hydrogen-bond acceptors (Lipinski definition) is 4. The fourth-order valence-corrected chi connectivity index (χ4v) is 4.15. The molecule has 0 aromatic carbocycles. The Kier molecular flexibility index (Phi) is 7.73. The molecule has 6 heteroatoms. The zero-order valence-corrected chi connectivity index (χ0v) is 12.7. The van der Waals surface area contributed by atoms with E-state index in [1.165, 1.54) is 0 Å². The van der Waals surface area contributed by atoms with Crippen molar-refractivity contribution in [2.45, 2.75) is 38.9 Å². The Morgan fingerprint density at radius 1 is 1.25 bits per heavy atom. The van der Waals surface area contributed by atoms with Gasteiger partial charge in [-0.2, -0.15) is 0 Å². The van der Waals surface area contributed by atoms with E-state index in [1.807, 2.05) is 13.8 Å². The summed E-state index contributed by atoms with van der Waals surface area (Å²) in [5, 5.41) is 0. The molecule has 0 saturated heterocycles. The molecule has 0 radical (unpaired) electrons. The Morgan fingerprint density at radius 3 is 2.00 bits per heavy atom. The lowest BCUT2D eigenvalue weighted by Gasteiger charge is -2.19. The minimum Gasteiger partial charge on any atom is -0.303 e. The molecule has 1 unspecified atom stereocenters. The molecular formula is C10H20BrO4P. The van der Waals surface area contributed by atoms with Crippen LogP contribution >= 0.6 is 23.5 Å². The minimum absolute atomic E-state index is 0.199. The third-order valence-electron chi connectivity index (χ3n) is 1.81. The molecule has 96 valence electrons. The predicted octanol–water partition coefficient (Wildman–Crippen LogP) is 3.59. The van der Waals surface area contributed by atoms with Crippen LogP contribution in [0, 0.1) is 5.92 Å². The highest BCUT2D eigenvalue weighted by molar-refractivity contribution is 9.10. The average Bonchev–Trinajstić information content (AvgIpc) is 2.16. The molecule has 0 amide bonds. The molecule has 0 heterocycles. The van der Waals surface area contributed by atoms with Crippen LogP contribution in [0.2, 0.25) is 0 Å². The van der Waals surface area contributed by atoms with Gasteiger partial charge in [0.1, 0.15) is 0 Å². The summed E-state index contributed by atoms with van der Waals surface area (Å²) in [5.74, 6) is 0.338.